The number of carbonyl (C=O) groups excluding carboxylic acids is 1. The van der Waals surface area contributed by atoms with Gasteiger partial charge < -0.3 is 13.9 Å². The Balaban J connectivity index is 1.46. The van der Waals surface area contributed by atoms with Crippen LogP contribution in [0.5, 0.6) is 11.5 Å². The number of furan rings is 1. The van der Waals surface area contributed by atoms with E-state index in [1.54, 1.807) is 30.3 Å². The molecule has 0 radical (unpaired) electrons. The summed E-state index contributed by atoms with van der Waals surface area (Å²) in [7, 11) is 0. The van der Waals surface area contributed by atoms with Gasteiger partial charge in [-0.05, 0) is 49.6 Å². The van der Waals surface area contributed by atoms with Gasteiger partial charge in [0, 0.05) is 17.4 Å². The summed E-state index contributed by atoms with van der Waals surface area (Å²) in [5, 5.41) is 10.1. The molecule has 1 aliphatic carbocycles. The number of benzene rings is 2. The summed E-state index contributed by atoms with van der Waals surface area (Å²) in [6.07, 6.45) is 4.31. The SMILES string of the molecule is N#Cc1ccccc1OC(=O)COc1ccc2oc3c(c2c1)CCCC3. The standard InChI is InChI=1S/C21H17NO4/c22-12-14-5-1-3-7-18(14)26-21(23)13-24-15-9-10-20-17(11-15)16-6-2-4-8-19(16)25-20/h1,3,5,7,9-11H,2,4,6,8,13H2. The molecule has 0 bridgehead atoms. The molecule has 0 N–H and O–H groups in total. The predicted octanol–water partition coefficient (Wildman–Crippen LogP) is 4.17. The van der Waals surface area contributed by atoms with E-state index in [-0.39, 0.29) is 12.4 Å². The molecule has 0 saturated heterocycles. The Morgan fingerprint density at radius 1 is 1.15 bits per heavy atom. The molecule has 4 rings (SSSR count). The van der Waals surface area contributed by atoms with E-state index >= 15 is 0 Å². The summed E-state index contributed by atoms with van der Waals surface area (Å²) in [5.41, 5.74) is 2.42. The molecule has 0 atom stereocenters. The van der Waals surface area contributed by atoms with E-state index < -0.39 is 5.97 Å². The first-order chi connectivity index (χ1) is 12.7. The molecule has 1 heterocycles. The maximum absolute atomic E-state index is 12.0. The number of para-hydroxylation sites is 1. The summed E-state index contributed by atoms with van der Waals surface area (Å²) >= 11 is 0. The van der Waals surface area contributed by atoms with Gasteiger partial charge in [0.1, 0.15) is 28.9 Å². The first kappa shape index (κ1) is 16.2. The Morgan fingerprint density at radius 2 is 2.00 bits per heavy atom. The van der Waals surface area contributed by atoms with Crippen molar-refractivity contribution in [1.82, 2.24) is 0 Å². The van der Waals surface area contributed by atoms with Crippen molar-refractivity contribution in [2.75, 3.05) is 6.61 Å². The summed E-state index contributed by atoms with van der Waals surface area (Å²) in [4.78, 5) is 12.0. The highest BCUT2D eigenvalue weighted by Crippen LogP contribution is 2.33. The monoisotopic (exact) mass is 347 g/mol. The third kappa shape index (κ3) is 3.14. The number of nitriles is 1. The lowest BCUT2D eigenvalue weighted by Gasteiger charge is -2.09. The lowest BCUT2D eigenvalue weighted by Crippen LogP contribution is -2.18. The average Bonchev–Trinajstić information content (AvgIpc) is 3.05. The smallest absolute Gasteiger partial charge is 0.349 e. The molecule has 0 aliphatic heterocycles. The van der Waals surface area contributed by atoms with Crippen molar-refractivity contribution in [3.8, 4) is 17.6 Å². The molecule has 0 unspecified atom stereocenters. The molecule has 1 aliphatic rings. The van der Waals surface area contributed by atoms with Gasteiger partial charge in [0.15, 0.2) is 6.61 Å². The molecular weight excluding hydrogens is 330 g/mol. The first-order valence-electron chi connectivity index (χ1n) is 8.61. The highest BCUT2D eigenvalue weighted by molar-refractivity contribution is 5.84. The fourth-order valence-electron chi connectivity index (χ4n) is 3.27. The fourth-order valence-corrected chi connectivity index (χ4v) is 3.27. The first-order valence-corrected chi connectivity index (χ1v) is 8.61. The molecule has 0 amide bonds. The molecule has 5 heteroatoms. The van der Waals surface area contributed by atoms with Crippen molar-refractivity contribution in [2.45, 2.75) is 25.7 Å². The summed E-state index contributed by atoms with van der Waals surface area (Å²) < 4.78 is 16.7. The van der Waals surface area contributed by atoms with Crippen LogP contribution in [0, 0.1) is 11.3 Å². The predicted molar refractivity (Wildman–Crippen MR) is 95.1 cm³/mol. The lowest BCUT2D eigenvalue weighted by molar-refractivity contribution is -0.136. The zero-order valence-electron chi connectivity index (χ0n) is 14.2. The zero-order valence-corrected chi connectivity index (χ0v) is 14.2. The number of fused-ring (bicyclic) bond motifs is 3. The van der Waals surface area contributed by atoms with Crippen LogP contribution in [0.15, 0.2) is 46.9 Å². The van der Waals surface area contributed by atoms with Crippen molar-refractivity contribution in [3.63, 3.8) is 0 Å². The van der Waals surface area contributed by atoms with Crippen LogP contribution in [-0.4, -0.2) is 12.6 Å². The van der Waals surface area contributed by atoms with Crippen LogP contribution in [0.4, 0.5) is 0 Å². The van der Waals surface area contributed by atoms with E-state index in [4.69, 9.17) is 19.2 Å². The molecule has 0 saturated carbocycles. The number of ether oxygens (including phenoxy) is 2. The number of esters is 1. The van der Waals surface area contributed by atoms with E-state index in [1.807, 2.05) is 18.2 Å². The second kappa shape index (κ2) is 6.93. The van der Waals surface area contributed by atoms with Crippen molar-refractivity contribution in [1.29, 1.82) is 5.26 Å². The number of aryl methyl sites for hydroxylation is 2. The van der Waals surface area contributed by atoms with E-state index in [9.17, 15) is 4.79 Å². The normalized spacial score (nSPS) is 13.0. The minimum atomic E-state index is -0.554. The van der Waals surface area contributed by atoms with Crippen LogP contribution in [0.25, 0.3) is 11.0 Å². The third-order valence-electron chi connectivity index (χ3n) is 4.51. The van der Waals surface area contributed by atoms with Gasteiger partial charge in [0.05, 0.1) is 5.56 Å². The van der Waals surface area contributed by atoms with Gasteiger partial charge in [-0.1, -0.05) is 12.1 Å². The number of rotatable bonds is 4. The quantitative estimate of drug-likeness (QED) is 0.523. The van der Waals surface area contributed by atoms with Gasteiger partial charge >= 0.3 is 5.97 Å². The second-order valence-electron chi connectivity index (χ2n) is 6.24. The Morgan fingerprint density at radius 3 is 2.88 bits per heavy atom. The van der Waals surface area contributed by atoms with Gasteiger partial charge in [0.25, 0.3) is 0 Å². The van der Waals surface area contributed by atoms with Gasteiger partial charge in [0.2, 0.25) is 0 Å². The van der Waals surface area contributed by atoms with E-state index in [2.05, 4.69) is 0 Å². The highest BCUT2D eigenvalue weighted by Gasteiger charge is 2.18. The minimum absolute atomic E-state index is 0.231. The zero-order chi connectivity index (χ0) is 17.9. The van der Waals surface area contributed by atoms with Crippen molar-refractivity contribution in [2.24, 2.45) is 0 Å². The maximum atomic E-state index is 12.0. The molecular formula is C21H17NO4. The van der Waals surface area contributed by atoms with Crippen LogP contribution in [0.3, 0.4) is 0 Å². The van der Waals surface area contributed by atoms with Crippen molar-refractivity contribution < 1.29 is 18.7 Å². The number of hydrogen-bond acceptors (Lipinski definition) is 5. The van der Waals surface area contributed by atoms with E-state index in [1.165, 1.54) is 5.56 Å². The van der Waals surface area contributed by atoms with E-state index in [0.29, 0.717) is 11.3 Å². The van der Waals surface area contributed by atoms with Crippen LogP contribution >= 0.6 is 0 Å². The lowest BCUT2D eigenvalue weighted by atomic mass is 9.96. The van der Waals surface area contributed by atoms with Gasteiger partial charge in [-0.25, -0.2) is 4.79 Å². The second-order valence-corrected chi connectivity index (χ2v) is 6.24. The molecule has 26 heavy (non-hydrogen) atoms. The molecule has 2 aromatic carbocycles. The topological polar surface area (TPSA) is 72.5 Å². The molecule has 5 nitrogen and oxygen atoms in total. The summed E-state index contributed by atoms with van der Waals surface area (Å²) in [6, 6.07) is 14.2. The Hall–Kier alpha value is -3.26. The van der Waals surface area contributed by atoms with Gasteiger partial charge in [-0.2, -0.15) is 5.26 Å². The summed E-state index contributed by atoms with van der Waals surface area (Å²) in [5.74, 6) is 1.35. The largest absolute Gasteiger partial charge is 0.482 e. The number of carbonyl (C=O) groups is 1. The summed E-state index contributed by atoms with van der Waals surface area (Å²) in [6.45, 7) is -0.231. The average molecular weight is 347 g/mol. The Bertz CT molecular complexity index is 1010. The van der Waals surface area contributed by atoms with Crippen molar-refractivity contribution in [3.05, 3.63) is 59.4 Å². The van der Waals surface area contributed by atoms with Crippen LogP contribution in [0.2, 0.25) is 0 Å². The van der Waals surface area contributed by atoms with Crippen LogP contribution in [0.1, 0.15) is 29.7 Å². The molecule has 3 aromatic rings. The fraction of sp³-hybridized carbons (Fsp3) is 0.238. The number of hydrogen-bond donors (Lipinski definition) is 0. The van der Waals surface area contributed by atoms with Gasteiger partial charge in [-0.3, -0.25) is 0 Å². The van der Waals surface area contributed by atoms with Crippen LogP contribution < -0.4 is 9.47 Å². The third-order valence-corrected chi connectivity index (χ3v) is 4.51. The Labute approximate surface area is 150 Å². The maximum Gasteiger partial charge on any atom is 0.349 e. The minimum Gasteiger partial charge on any atom is -0.482 e. The molecule has 1 aromatic heterocycles. The van der Waals surface area contributed by atoms with Crippen LogP contribution in [-0.2, 0) is 17.6 Å². The van der Waals surface area contributed by atoms with Gasteiger partial charge in [-0.15, -0.1) is 0 Å². The number of nitrogens with zero attached hydrogens (tertiary/aromatic N) is 1. The van der Waals surface area contributed by atoms with Crippen molar-refractivity contribution >= 4 is 16.9 Å². The van der Waals surface area contributed by atoms with E-state index in [0.717, 1.165) is 42.4 Å². The molecule has 0 spiro atoms. The molecule has 0 fully saturated rings. The Kier molecular flexibility index (Phi) is 4.32. The molecule has 130 valence electrons. The highest BCUT2D eigenvalue weighted by atomic mass is 16.6.